The van der Waals surface area contributed by atoms with E-state index in [-0.39, 0.29) is 24.5 Å². The van der Waals surface area contributed by atoms with Gasteiger partial charge < -0.3 is 19.6 Å². The number of hydrogen-bond donors (Lipinski definition) is 2. The number of nitrogens with zero attached hydrogens (tertiary/aromatic N) is 1. The number of benzene rings is 4. The summed E-state index contributed by atoms with van der Waals surface area (Å²) in [6.07, 6.45) is -0.845. The van der Waals surface area contributed by atoms with E-state index < -0.39 is 50.2 Å². The second-order valence-corrected chi connectivity index (χ2v) is 20.1. The lowest BCUT2D eigenvalue weighted by atomic mass is 9.85. The molecule has 0 aliphatic carbocycles. The van der Waals surface area contributed by atoms with Crippen molar-refractivity contribution in [2.45, 2.75) is 76.4 Å². The molecule has 264 valence electrons. The van der Waals surface area contributed by atoms with E-state index in [2.05, 4.69) is 55.1 Å². The molecule has 4 aromatic rings. The molecule has 0 saturated carbocycles. The number of aliphatic hydroxyl groups is 1. The van der Waals surface area contributed by atoms with Gasteiger partial charge in [-0.25, -0.2) is 14.1 Å². The van der Waals surface area contributed by atoms with Crippen molar-refractivity contribution in [2.75, 3.05) is 11.9 Å². The van der Waals surface area contributed by atoms with Gasteiger partial charge in [-0.15, -0.1) is 0 Å². The average molecular weight is 762 g/mol. The van der Waals surface area contributed by atoms with Crippen LogP contribution in [0.5, 0.6) is 5.75 Å². The van der Waals surface area contributed by atoms with Crippen molar-refractivity contribution in [3.63, 3.8) is 0 Å². The molecule has 50 heavy (non-hydrogen) atoms. The van der Waals surface area contributed by atoms with E-state index in [0.29, 0.717) is 17.7 Å². The van der Waals surface area contributed by atoms with Crippen molar-refractivity contribution in [3.8, 4) is 5.75 Å². The maximum atomic E-state index is 15.0. The summed E-state index contributed by atoms with van der Waals surface area (Å²) in [5.41, 5.74) is 3.05. The molecule has 4 aromatic carbocycles. The van der Waals surface area contributed by atoms with Gasteiger partial charge in [-0.1, -0.05) is 103 Å². The summed E-state index contributed by atoms with van der Waals surface area (Å²) in [4.78, 5) is 29.6. The summed E-state index contributed by atoms with van der Waals surface area (Å²) >= 11 is 3.64. The zero-order valence-corrected chi connectivity index (χ0v) is 31.8. The van der Waals surface area contributed by atoms with Crippen molar-refractivity contribution < 1.29 is 28.2 Å². The maximum absolute atomic E-state index is 15.0. The van der Waals surface area contributed by atoms with Gasteiger partial charge in [-0.3, -0.25) is 4.79 Å². The van der Waals surface area contributed by atoms with Crippen LogP contribution in [0.15, 0.2) is 108 Å². The fraction of sp³-hybridized carbons (Fsp3) is 0.350. The topological polar surface area (TPSA) is 88.1 Å². The van der Waals surface area contributed by atoms with Gasteiger partial charge in [0.1, 0.15) is 18.2 Å². The number of para-hydroxylation sites is 1. The molecule has 2 N–H and O–H groups in total. The normalized spacial score (nSPS) is 16.8. The Labute approximate surface area is 304 Å². The van der Waals surface area contributed by atoms with Crippen LogP contribution < -0.4 is 9.74 Å². The predicted molar refractivity (Wildman–Crippen MR) is 201 cm³/mol. The highest BCUT2D eigenvalue weighted by Gasteiger charge is 2.45. The minimum absolute atomic E-state index is 0.0825. The first-order valence-electron chi connectivity index (χ1n) is 17.0. The van der Waals surface area contributed by atoms with E-state index in [1.165, 1.54) is 17.0 Å². The molecule has 0 unspecified atom stereocenters. The highest BCUT2D eigenvalue weighted by molar-refractivity contribution is 9.10. The van der Waals surface area contributed by atoms with Gasteiger partial charge >= 0.3 is 6.09 Å². The van der Waals surface area contributed by atoms with E-state index >= 15 is 0 Å². The van der Waals surface area contributed by atoms with Crippen molar-refractivity contribution in [1.82, 2.24) is 4.90 Å². The fourth-order valence-electron chi connectivity index (χ4n) is 5.96. The number of imide groups is 1. The number of nitrogens with one attached hydrogen (secondary N) is 1. The second kappa shape index (κ2) is 15.9. The van der Waals surface area contributed by atoms with Gasteiger partial charge in [0.25, 0.3) is 0 Å². The first-order chi connectivity index (χ1) is 23.7. The van der Waals surface area contributed by atoms with Crippen LogP contribution in [0.2, 0.25) is 18.1 Å². The van der Waals surface area contributed by atoms with Crippen LogP contribution in [0, 0.1) is 11.7 Å². The molecule has 5 rings (SSSR count). The molecule has 1 heterocycles. The zero-order chi connectivity index (χ0) is 36.1. The Morgan fingerprint density at radius 3 is 2.28 bits per heavy atom. The van der Waals surface area contributed by atoms with E-state index in [0.717, 1.165) is 21.3 Å². The number of amides is 2. The molecule has 1 aliphatic heterocycles. The highest BCUT2D eigenvalue weighted by atomic mass is 79.9. The summed E-state index contributed by atoms with van der Waals surface area (Å²) < 4.78 is 27.0. The van der Waals surface area contributed by atoms with Crippen LogP contribution in [0.1, 0.15) is 62.4 Å². The Hall–Kier alpha value is -3.99. The Morgan fingerprint density at radius 1 is 1.00 bits per heavy atom. The minimum Gasteiger partial charge on any atom is -0.543 e. The molecule has 4 atom stereocenters. The number of aliphatic hydroxyl groups excluding tert-OH is 1. The SMILES string of the molecule is CC(C)(C)[Si](C)(C)Oc1cc(Br)ccc1[C@@H](Nc1ccccc1)[C@@H](CC[C@H](O)c1ccc(F)cc1)C(=O)N1C(=O)OC[C@@H]1Cc1ccccc1. The third kappa shape index (κ3) is 9.02. The summed E-state index contributed by atoms with van der Waals surface area (Å²) in [5.74, 6) is -1.02. The third-order valence-corrected chi connectivity index (χ3v) is 14.7. The molecule has 0 bridgehead atoms. The lowest BCUT2D eigenvalue weighted by Crippen LogP contribution is -2.46. The molecule has 0 radical (unpaired) electrons. The van der Waals surface area contributed by atoms with Crippen molar-refractivity contribution in [2.24, 2.45) is 5.92 Å². The minimum atomic E-state index is -2.36. The summed E-state index contributed by atoms with van der Waals surface area (Å²) in [5, 5.41) is 14.8. The average Bonchev–Trinajstić information content (AvgIpc) is 3.44. The smallest absolute Gasteiger partial charge is 0.416 e. The number of cyclic esters (lactones) is 1. The number of halogens is 2. The summed E-state index contributed by atoms with van der Waals surface area (Å²) in [7, 11) is -2.36. The van der Waals surface area contributed by atoms with Crippen LogP contribution in [0.25, 0.3) is 0 Å². The lowest BCUT2D eigenvalue weighted by Gasteiger charge is -2.39. The van der Waals surface area contributed by atoms with E-state index in [4.69, 9.17) is 9.16 Å². The number of rotatable bonds is 13. The van der Waals surface area contributed by atoms with Crippen molar-refractivity contribution in [3.05, 3.63) is 130 Å². The molecule has 1 fully saturated rings. The summed E-state index contributed by atoms with van der Waals surface area (Å²) in [6, 6.07) is 29.6. The third-order valence-electron chi connectivity index (χ3n) is 9.82. The Kier molecular flexibility index (Phi) is 11.9. The zero-order valence-electron chi connectivity index (χ0n) is 29.2. The summed E-state index contributed by atoms with van der Waals surface area (Å²) in [6.45, 7) is 10.9. The fourth-order valence-corrected chi connectivity index (χ4v) is 7.33. The van der Waals surface area contributed by atoms with Gasteiger partial charge in [-0.2, -0.15) is 0 Å². The van der Waals surface area contributed by atoms with Crippen molar-refractivity contribution in [1.29, 1.82) is 0 Å². The highest BCUT2D eigenvalue weighted by Crippen LogP contribution is 2.43. The van der Waals surface area contributed by atoms with E-state index in [1.807, 2.05) is 78.9 Å². The Bertz CT molecular complexity index is 1750. The number of ether oxygens (including phenoxy) is 1. The van der Waals surface area contributed by atoms with Crippen molar-refractivity contribution >= 4 is 41.9 Å². The van der Waals surface area contributed by atoms with Crippen LogP contribution >= 0.6 is 15.9 Å². The quantitative estimate of drug-likeness (QED) is 0.132. The molecule has 2 amide bonds. The lowest BCUT2D eigenvalue weighted by molar-refractivity contribution is -0.134. The first kappa shape index (κ1) is 37.3. The van der Waals surface area contributed by atoms with Crippen LogP contribution in [-0.4, -0.2) is 43.0 Å². The number of anilines is 1. The van der Waals surface area contributed by atoms with E-state index in [9.17, 15) is 19.1 Å². The molecule has 10 heteroatoms. The maximum Gasteiger partial charge on any atom is 0.416 e. The standard InChI is InChI=1S/C40H46BrFN2O5Si/c1-40(2,3)50(4,5)49-36-25-29(41)18-21-33(36)37(43-31-14-10-7-11-15-31)34(22-23-35(45)28-16-19-30(42)20-17-28)38(46)44-32(26-48-39(44)47)24-27-12-8-6-9-13-27/h6-21,25,32,34-35,37,43,45H,22-24,26H2,1-5H3/t32-,34+,35-,37+/m0/s1. The van der Waals surface area contributed by atoms with Crippen LogP contribution in [-0.2, 0) is 16.0 Å². The van der Waals surface area contributed by atoms with Crippen LogP contribution in [0.4, 0.5) is 14.9 Å². The molecular formula is C40H46BrFN2O5Si. The number of hydrogen-bond acceptors (Lipinski definition) is 6. The monoisotopic (exact) mass is 760 g/mol. The van der Waals surface area contributed by atoms with Gasteiger partial charge in [0.15, 0.2) is 0 Å². The molecule has 0 spiro atoms. The largest absolute Gasteiger partial charge is 0.543 e. The molecule has 0 aromatic heterocycles. The Morgan fingerprint density at radius 2 is 1.64 bits per heavy atom. The molecular weight excluding hydrogens is 715 g/mol. The van der Waals surface area contributed by atoms with Gasteiger partial charge in [0, 0.05) is 15.7 Å². The molecule has 1 saturated heterocycles. The molecule has 1 aliphatic rings. The number of carbonyl (C=O) groups excluding carboxylic acids is 2. The predicted octanol–water partition coefficient (Wildman–Crippen LogP) is 9.85. The van der Waals surface area contributed by atoms with Crippen LogP contribution in [0.3, 0.4) is 0 Å². The second-order valence-electron chi connectivity index (χ2n) is 14.4. The van der Waals surface area contributed by atoms with Gasteiger partial charge in [0.2, 0.25) is 14.2 Å². The Balaban J connectivity index is 1.60. The van der Waals surface area contributed by atoms with Gasteiger partial charge in [0.05, 0.1) is 24.1 Å². The first-order valence-corrected chi connectivity index (χ1v) is 20.7. The number of carbonyl (C=O) groups is 2. The van der Waals surface area contributed by atoms with Gasteiger partial charge in [-0.05, 0) is 84.9 Å². The van der Waals surface area contributed by atoms with E-state index in [1.54, 1.807) is 12.1 Å². The molecule has 7 nitrogen and oxygen atoms in total.